The number of nitrogens with one attached hydrogen (secondary N) is 1. The fourth-order valence-corrected chi connectivity index (χ4v) is 4.25. The van der Waals surface area contributed by atoms with Gasteiger partial charge in [0.1, 0.15) is 0 Å². The average molecular weight is 582 g/mol. The van der Waals surface area contributed by atoms with Crippen LogP contribution in [0.3, 0.4) is 0 Å². The number of benzene rings is 2. The number of aromatic nitrogens is 4. The Morgan fingerprint density at radius 2 is 1.41 bits per heavy atom. The van der Waals surface area contributed by atoms with E-state index in [-0.39, 0.29) is 11.4 Å². The standard InChI is InChI=1S/C25H21BrF5N5O/c1-11-18(26)13(3)35(33-11)9-15-6-5-7-16(8-15)25(37)32-24-12(2)34-36(14(24)4)10-17-19(27)21(29)23(31)22(30)20(17)28/h5-8H,9-10H2,1-4H3,(H,32,37). The van der Waals surface area contributed by atoms with Crippen molar-refractivity contribution in [2.24, 2.45) is 0 Å². The molecule has 2 aromatic carbocycles. The fourth-order valence-electron chi connectivity index (χ4n) is 3.97. The second-order valence-electron chi connectivity index (χ2n) is 8.55. The Bertz CT molecular complexity index is 1520. The molecule has 1 amide bonds. The second kappa shape index (κ2) is 10.1. The van der Waals surface area contributed by atoms with Crippen molar-refractivity contribution in [3.05, 3.63) is 97.3 Å². The second-order valence-corrected chi connectivity index (χ2v) is 9.34. The molecule has 0 saturated heterocycles. The topological polar surface area (TPSA) is 64.7 Å². The van der Waals surface area contributed by atoms with Crippen LogP contribution in [-0.2, 0) is 13.1 Å². The van der Waals surface area contributed by atoms with E-state index in [9.17, 15) is 26.7 Å². The van der Waals surface area contributed by atoms with Crippen molar-refractivity contribution >= 4 is 27.5 Å². The Morgan fingerprint density at radius 1 is 0.838 bits per heavy atom. The van der Waals surface area contributed by atoms with Crippen molar-refractivity contribution in [3.63, 3.8) is 0 Å². The van der Waals surface area contributed by atoms with Crippen molar-refractivity contribution in [1.82, 2.24) is 19.6 Å². The van der Waals surface area contributed by atoms with Gasteiger partial charge in [-0.1, -0.05) is 12.1 Å². The number of carbonyl (C=O) groups excluding carboxylic acids is 1. The van der Waals surface area contributed by atoms with Crippen LogP contribution in [0.4, 0.5) is 27.6 Å². The number of nitrogens with zero attached hydrogens (tertiary/aromatic N) is 4. The molecule has 0 fully saturated rings. The molecule has 4 aromatic rings. The summed E-state index contributed by atoms with van der Waals surface area (Å²) >= 11 is 3.49. The number of carbonyl (C=O) groups is 1. The first-order chi connectivity index (χ1) is 17.4. The Balaban J connectivity index is 1.57. The zero-order chi connectivity index (χ0) is 27.2. The summed E-state index contributed by atoms with van der Waals surface area (Å²) in [6.07, 6.45) is 0. The molecule has 37 heavy (non-hydrogen) atoms. The Kier molecular flexibility index (Phi) is 7.22. The van der Waals surface area contributed by atoms with E-state index in [1.807, 2.05) is 24.6 Å². The first-order valence-corrected chi connectivity index (χ1v) is 11.8. The lowest BCUT2D eigenvalue weighted by Crippen LogP contribution is -2.15. The van der Waals surface area contributed by atoms with E-state index in [1.165, 1.54) is 6.92 Å². The highest BCUT2D eigenvalue weighted by atomic mass is 79.9. The van der Waals surface area contributed by atoms with E-state index < -0.39 is 47.1 Å². The van der Waals surface area contributed by atoms with Gasteiger partial charge in [-0.3, -0.25) is 14.2 Å². The Morgan fingerprint density at radius 3 is 2.00 bits per heavy atom. The van der Waals surface area contributed by atoms with Gasteiger partial charge in [0.15, 0.2) is 23.3 Å². The lowest BCUT2D eigenvalue weighted by molar-refractivity contribution is 0.102. The molecule has 2 aromatic heterocycles. The average Bonchev–Trinajstić information content (AvgIpc) is 3.27. The highest BCUT2D eigenvalue weighted by molar-refractivity contribution is 9.10. The number of rotatable bonds is 6. The molecule has 6 nitrogen and oxygen atoms in total. The Labute approximate surface area is 217 Å². The van der Waals surface area contributed by atoms with Gasteiger partial charge in [0.2, 0.25) is 5.82 Å². The van der Waals surface area contributed by atoms with Crippen LogP contribution in [0.5, 0.6) is 0 Å². The zero-order valence-electron chi connectivity index (χ0n) is 20.2. The minimum Gasteiger partial charge on any atom is -0.319 e. The van der Waals surface area contributed by atoms with E-state index in [0.29, 0.717) is 17.8 Å². The van der Waals surface area contributed by atoms with Crippen LogP contribution < -0.4 is 5.32 Å². The van der Waals surface area contributed by atoms with Gasteiger partial charge in [0, 0.05) is 5.56 Å². The van der Waals surface area contributed by atoms with Crippen LogP contribution >= 0.6 is 15.9 Å². The molecule has 194 valence electrons. The molecule has 0 aliphatic rings. The van der Waals surface area contributed by atoms with Gasteiger partial charge in [-0.25, -0.2) is 22.0 Å². The molecule has 0 unspecified atom stereocenters. The number of hydrogen-bond donors (Lipinski definition) is 1. The minimum absolute atomic E-state index is 0.266. The molecule has 4 rings (SSSR count). The van der Waals surface area contributed by atoms with Crippen LogP contribution in [0.2, 0.25) is 0 Å². The molecule has 12 heteroatoms. The van der Waals surface area contributed by atoms with E-state index in [0.717, 1.165) is 26.1 Å². The van der Waals surface area contributed by atoms with E-state index >= 15 is 0 Å². The van der Waals surface area contributed by atoms with E-state index in [2.05, 4.69) is 31.4 Å². The molecular formula is C25H21BrF5N5O. The summed E-state index contributed by atoms with van der Waals surface area (Å²) in [7, 11) is 0. The molecule has 0 aliphatic carbocycles. The number of hydrogen-bond acceptors (Lipinski definition) is 3. The monoisotopic (exact) mass is 581 g/mol. The smallest absolute Gasteiger partial charge is 0.255 e. The number of amides is 1. The van der Waals surface area contributed by atoms with Crippen LogP contribution in [0.1, 0.15) is 44.3 Å². The molecule has 1 N–H and O–H groups in total. The lowest BCUT2D eigenvalue weighted by atomic mass is 10.1. The summed E-state index contributed by atoms with van der Waals surface area (Å²) in [5.41, 5.74) is 2.80. The van der Waals surface area contributed by atoms with Gasteiger partial charge >= 0.3 is 0 Å². The molecular weight excluding hydrogens is 561 g/mol. The minimum atomic E-state index is -2.23. The third kappa shape index (κ3) is 4.89. The molecule has 0 atom stereocenters. The van der Waals surface area contributed by atoms with Crippen LogP contribution in [-0.4, -0.2) is 25.5 Å². The summed E-state index contributed by atoms with van der Waals surface area (Å²) in [4.78, 5) is 13.0. The number of halogens is 6. The first kappa shape index (κ1) is 26.5. The molecule has 0 saturated carbocycles. The van der Waals surface area contributed by atoms with Crippen molar-refractivity contribution in [3.8, 4) is 0 Å². The van der Waals surface area contributed by atoms with Gasteiger partial charge in [-0.05, 0) is 61.3 Å². The summed E-state index contributed by atoms with van der Waals surface area (Å²) in [6.45, 7) is 6.59. The van der Waals surface area contributed by atoms with Gasteiger partial charge in [0.05, 0.1) is 51.6 Å². The predicted molar refractivity (Wildman–Crippen MR) is 130 cm³/mol. The summed E-state index contributed by atoms with van der Waals surface area (Å²) in [5.74, 6) is -10.6. The van der Waals surface area contributed by atoms with Crippen LogP contribution in [0, 0.1) is 56.8 Å². The van der Waals surface area contributed by atoms with Gasteiger partial charge < -0.3 is 5.32 Å². The maximum Gasteiger partial charge on any atom is 0.255 e. The molecule has 0 spiro atoms. The van der Waals surface area contributed by atoms with Gasteiger partial charge in [-0.15, -0.1) is 0 Å². The highest BCUT2D eigenvalue weighted by Gasteiger charge is 2.27. The summed E-state index contributed by atoms with van der Waals surface area (Å²) in [6, 6.07) is 6.93. The maximum absolute atomic E-state index is 14.2. The van der Waals surface area contributed by atoms with Gasteiger partial charge in [-0.2, -0.15) is 10.2 Å². The van der Waals surface area contributed by atoms with Crippen LogP contribution in [0.25, 0.3) is 0 Å². The molecule has 0 bridgehead atoms. The van der Waals surface area contributed by atoms with E-state index in [1.54, 1.807) is 25.1 Å². The van der Waals surface area contributed by atoms with Crippen LogP contribution in [0.15, 0.2) is 28.7 Å². The largest absolute Gasteiger partial charge is 0.319 e. The number of anilines is 1. The molecule has 2 heterocycles. The third-order valence-electron chi connectivity index (χ3n) is 6.04. The highest BCUT2D eigenvalue weighted by Crippen LogP contribution is 2.27. The molecule has 0 radical (unpaired) electrons. The van der Waals surface area contributed by atoms with Crippen molar-refractivity contribution in [1.29, 1.82) is 0 Å². The SMILES string of the molecule is Cc1nn(Cc2cccc(C(=O)Nc3c(C)nn(Cc4c(F)c(F)c(F)c(F)c4F)c3C)c2)c(C)c1Br. The Hall–Kier alpha value is -3.54. The van der Waals surface area contributed by atoms with Gasteiger partial charge in [0.25, 0.3) is 5.91 Å². The van der Waals surface area contributed by atoms with Crippen molar-refractivity contribution in [2.75, 3.05) is 5.32 Å². The third-order valence-corrected chi connectivity index (χ3v) is 7.19. The predicted octanol–water partition coefficient (Wildman–Crippen LogP) is 6.12. The lowest BCUT2D eigenvalue weighted by Gasteiger charge is -2.11. The maximum atomic E-state index is 14.2. The summed E-state index contributed by atoms with van der Waals surface area (Å²) in [5, 5.41) is 11.3. The first-order valence-electron chi connectivity index (χ1n) is 11.0. The fraction of sp³-hybridized carbons (Fsp3) is 0.240. The normalized spacial score (nSPS) is 11.3. The molecule has 0 aliphatic heterocycles. The van der Waals surface area contributed by atoms with Crippen molar-refractivity contribution in [2.45, 2.75) is 40.8 Å². The zero-order valence-corrected chi connectivity index (χ0v) is 21.8. The number of aryl methyl sites for hydroxylation is 2. The van der Waals surface area contributed by atoms with E-state index in [4.69, 9.17) is 0 Å². The van der Waals surface area contributed by atoms with Crippen molar-refractivity contribution < 1.29 is 26.7 Å². The quantitative estimate of drug-likeness (QED) is 0.169. The summed E-state index contributed by atoms with van der Waals surface area (Å²) < 4.78 is 72.7.